The molecule has 1 atom stereocenters. The number of nitrogens with one attached hydrogen (secondary N) is 2. The molecule has 0 aliphatic rings. The Morgan fingerprint density at radius 1 is 1.24 bits per heavy atom. The molecule has 0 saturated heterocycles. The normalized spacial score (nSPS) is 12.3. The molecule has 2 N–H and O–H groups in total. The molecule has 0 aliphatic heterocycles. The minimum atomic E-state index is -3.62. The second kappa shape index (κ2) is 7.07. The maximum atomic E-state index is 11.7. The lowest BCUT2D eigenvalue weighted by Gasteiger charge is -2.18. The third-order valence-electron chi connectivity index (χ3n) is 2.58. The first-order valence-corrected chi connectivity index (χ1v) is 8.02. The number of ether oxygens (including phenoxy) is 1. The fraction of sp³-hybridized carbons (Fsp3) is 0.385. The number of hydrogen-bond donors (Lipinski definition) is 2. The Morgan fingerprint density at radius 3 is 2.24 bits per heavy atom. The standard InChI is InChI=1S/C13H18N2O5S/c1-9(16)14-12(8-13(17)15-21(3,18)19)10-4-6-11(20-2)7-5-10/h4-7,12H,8H2,1-3H3,(H,14,16)(H,15,17). The van der Waals surface area contributed by atoms with Crippen LogP contribution in [0.3, 0.4) is 0 Å². The Bertz CT molecular complexity index is 610. The van der Waals surface area contributed by atoms with Gasteiger partial charge in [0.25, 0.3) is 0 Å². The largest absolute Gasteiger partial charge is 0.497 e. The van der Waals surface area contributed by atoms with Crippen molar-refractivity contribution < 1.29 is 22.7 Å². The molecule has 2 amide bonds. The summed E-state index contributed by atoms with van der Waals surface area (Å²) in [6.45, 7) is 1.32. The van der Waals surface area contributed by atoms with Crippen LogP contribution in [-0.2, 0) is 19.6 Å². The van der Waals surface area contributed by atoms with Crippen LogP contribution in [-0.4, -0.2) is 33.6 Å². The van der Waals surface area contributed by atoms with Gasteiger partial charge in [-0.2, -0.15) is 0 Å². The van der Waals surface area contributed by atoms with Crippen molar-refractivity contribution in [1.29, 1.82) is 0 Å². The van der Waals surface area contributed by atoms with E-state index in [-0.39, 0.29) is 12.3 Å². The Kier molecular flexibility index (Phi) is 5.71. The number of hydrogen-bond acceptors (Lipinski definition) is 5. The molecule has 21 heavy (non-hydrogen) atoms. The summed E-state index contributed by atoms with van der Waals surface area (Å²) < 4.78 is 29.0. The zero-order valence-corrected chi connectivity index (χ0v) is 12.9. The first-order chi connectivity index (χ1) is 9.71. The maximum absolute atomic E-state index is 11.7. The van der Waals surface area contributed by atoms with Gasteiger partial charge in [0.1, 0.15) is 5.75 Å². The topological polar surface area (TPSA) is 102 Å². The Balaban J connectivity index is 2.89. The quantitative estimate of drug-likeness (QED) is 0.788. The Labute approximate surface area is 123 Å². The molecule has 0 saturated carbocycles. The summed E-state index contributed by atoms with van der Waals surface area (Å²) in [6.07, 6.45) is 0.713. The number of benzene rings is 1. The van der Waals surface area contributed by atoms with E-state index in [1.807, 2.05) is 4.72 Å². The molecule has 116 valence electrons. The smallest absolute Gasteiger partial charge is 0.235 e. The van der Waals surface area contributed by atoms with E-state index in [1.165, 1.54) is 14.0 Å². The predicted molar refractivity (Wildman–Crippen MR) is 77.2 cm³/mol. The number of rotatable bonds is 6. The Morgan fingerprint density at radius 2 is 1.81 bits per heavy atom. The van der Waals surface area contributed by atoms with Gasteiger partial charge in [-0.15, -0.1) is 0 Å². The van der Waals surface area contributed by atoms with Gasteiger partial charge in [-0.1, -0.05) is 12.1 Å². The molecule has 1 aromatic rings. The molecular weight excluding hydrogens is 296 g/mol. The minimum Gasteiger partial charge on any atom is -0.497 e. The van der Waals surface area contributed by atoms with Gasteiger partial charge in [0.05, 0.1) is 25.8 Å². The van der Waals surface area contributed by atoms with Gasteiger partial charge in [-0.3, -0.25) is 14.3 Å². The van der Waals surface area contributed by atoms with Gasteiger partial charge in [0, 0.05) is 6.92 Å². The minimum absolute atomic E-state index is 0.182. The highest BCUT2D eigenvalue weighted by atomic mass is 32.2. The first-order valence-electron chi connectivity index (χ1n) is 6.13. The SMILES string of the molecule is COc1ccc(C(CC(=O)NS(C)(=O)=O)NC(C)=O)cc1. The van der Waals surface area contributed by atoms with Crippen molar-refractivity contribution in [3.63, 3.8) is 0 Å². The van der Waals surface area contributed by atoms with E-state index in [4.69, 9.17) is 4.74 Å². The van der Waals surface area contributed by atoms with Gasteiger partial charge in [-0.05, 0) is 17.7 Å². The molecule has 8 heteroatoms. The predicted octanol–water partition coefficient (Wildman–Crippen LogP) is 0.338. The van der Waals surface area contributed by atoms with Crippen LogP contribution in [0.4, 0.5) is 0 Å². The molecule has 1 unspecified atom stereocenters. The zero-order chi connectivity index (χ0) is 16.0. The van der Waals surface area contributed by atoms with Crippen LogP contribution in [0.2, 0.25) is 0 Å². The molecule has 1 aromatic carbocycles. The molecule has 0 spiro atoms. The van der Waals surface area contributed by atoms with Crippen molar-refractivity contribution in [2.45, 2.75) is 19.4 Å². The highest BCUT2D eigenvalue weighted by Crippen LogP contribution is 2.20. The number of methoxy groups -OCH3 is 1. The van der Waals surface area contributed by atoms with E-state index in [0.29, 0.717) is 11.3 Å². The van der Waals surface area contributed by atoms with Crippen LogP contribution in [0.15, 0.2) is 24.3 Å². The fourth-order valence-electron chi connectivity index (χ4n) is 1.77. The number of carbonyl (C=O) groups is 2. The van der Waals surface area contributed by atoms with E-state index < -0.39 is 22.0 Å². The molecule has 0 fully saturated rings. The lowest BCUT2D eigenvalue weighted by atomic mass is 10.0. The highest BCUT2D eigenvalue weighted by Gasteiger charge is 2.19. The molecule has 0 heterocycles. The average molecular weight is 314 g/mol. The fourth-order valence-corrected chi connectivity index (χ4v) is 2.26. The summed E-state index contributed by atoms with van der Waals surface area (Å²) in [6, 6.07) is 6.17. The summed E-state index contributed by atoms with van der Waals surface area (Å²) >= 11 is 0. The third kappa shape index (κ3) is 6.26. The van der Waals surface area contributed by atoms with Gasteiger partial charge in [0.2, 0.25) is 21.8 Å². The van der Waals surface area contributed by atoms with Crippen molar-refractivity contribution in [1.82, 2.24) is 10.0 Å². The van der Waals surface area contributed by atoms with E-state index in [0.717, 1.165) is 6.26 Å². The van der Waals surface area contributed by atoms with Gasteiger partial charge < -0.3 is 10.1 Å². The zero-order valence-electron chi connectivity index (χ0n) is 12.0. The monoisotopic (exact) mass is 314 g/mol. The van der Waals surface area contributed by atoms with E-state index >= 15 is 0 Å². The van der Waals surface area contributed by atoms with Crippen LogP contribution in [0.1, 0.15) is 24.9 Å². The number of amides is 2. The van der Waals surface area contributed by atoms with Crippen LogP contribution >= 0.6 is 0 Å². The lowest BCUT2D eigenvalue weighted by molar-refractivity contribution is -0.121. The summed E-state index contributed by atoms with van der Waals surface area (Å²) in [5, 5.41) is 2.61. The molecule has 0 radical (unpaired) electrons. The molecule has 0 aliphatic carbocycles. The molecule has 0 aromatic heterocycles. The summed E-state index contributed by atoms with van der Waals surface area (Å²) in [5.74, 6) is -0.365. The summed E-state index contributed by atoms with van der Waals surface area (Å²) in [4.78, 5) is 22.9. The van der Waals surface area contributed by atoms with E-state index in [1.54, 1.807) is 24.3 Å². The van der Waals surface area contributed by atoms with Crippen LogP contribution in [0, 0.1) is 0 Å². The summed E-state index contributed by atoms with van der Waals surface area (Å²) in [7, 11) is -2.09. The van der Waals surface area contributed by atoms with Crippen molar-refractivity contribution in [3.05, 3.63) is 29.8 Å². The maximum Gasteiger partial charge on any atom is 0.235 e. The highest BCUT2D eigenvalue weighted by molar-refractivity contribution is 7.89. The average Bonchev–Trinajstić information content (AvgIpc) is 2.35. The van der Waals surface area contributed by atoms with E-state index in [2.05, 4.69) is 5.32 Å². The van der Waals surface area contributed by atoms with Gasteiger partial charge >= 0.3 is 0 Å². The number of carbonyl (C=O) groups excluding carboxylic acids is 2. The molecule has 0 bridgehead atoms. The van der Waals surface area contributed by atoms with Gasteiger partial charge in [-0.25, -0.2) is 8.42 Å². The van der Waals surface area contributed by atoms with Crippen LogP contribution in [0.5, 0.6) is 5.75 Å². The van der Waals surface area contributed by atoms with E-state index in [9.17, 15) is 18.0 Å². The van der Waals surface area contributed by atoms with Crippen molar-refractivity contribution >= 4 is 21.8 Å². The number of sulfonamides is 1. The second-order valence-corrected chi connectivity index (χ2v) is 6.28. The summed E-state index contributed by atoms with van der Waals surface area (Å²) in [5.41, 5.74) is 0.676. The molecule has 1 rings (SSSR count). The second-order valence-electron chi connectivity index (χ2n) is 4.53. The van der Waals surface area contributed by atoms with Gasteiger partial charge in [0.15, 0.2) is 0 Å². The molecular formula is C13H18N2O5S. The molecule has 7 nitrogen and oxygen atoms in total. The van der Waals surface area contributed by atoms with Crippen molar-refractivity contribution in [2.24, 2.45) is 0 Å². The Hall–Kier alpha value is -2.09. The first kappa shape index (κ1) is 17.0. The van der Waals surface area contributed by atoms with Crippen LogP contribution < -0.4 is 14.8 Å². The third-order valence-corrected chi connectivity index (χ3v) is 3.18. The van der Waals surface area contributed by atoms with Crippen molar-refractivity contribution in [3.8, 4) is 5.75 Å². The van der Waals surface area contributed by atoms with Crippen molar-refractivity contribution in [2.75, 3.05) is 13.4 Å². The van der Waals surface area contributed by atoms with Crippen LogP contribution in [0.25, 0.3) is 0 Å². The lowest BCUT2D eigenvalue weighted by Crippen LogP contribution is -2.35.